The van der Waals surface area contributed by atoms with Gasteiger partial charge in [-0.05, 0) is 53.4 Å². The summed E-state index contributed by atoms with van der Waals surface area (Å²) in [6.45, 7) is 4.00. The van der Waals surface area contributed by atoms with Gasteiger partial charge in [0, 0.05) is 26.3 Å². The van der Waals surface area contributed by atoms with E-state index in [-0.39, 0.29) is 16.9 Å². The van der Waals surface area contributed by atoms with Crippen molar-refractivity contribution in [3.63, 3.8) is 0 Å². The molecule has 0 fully saturated rings. The van der Waals surface area contributed by atoms with Crippen molar-refractivity contribution >= 4 is 38.7 Å². The van der Waals surface area contributed by atoms with Crippen molar-refractivity contribution in [1.29, 1.82) is 0 Å². The highest BCUT2D eigenvalue weighted by Crippen LogP contribution is 2.37. The predicted octanol–water partition coefficient (Wildman–Crippen LogP) is 6.17. The number of Topliss-reactive ketones (excluding diaryl/α,β-unsaturated/α-hetero) is 1. The Bertz CT molecular complexity index is 1250. The van der Waals surface area contributed by atoms with Crippen LogP contribution in [0.15, 0.2) is 79.4 Å². The molecule has 4 aromatic rings. The maximum absolute atomic E-state index is 13.0. The minimum Gasteiger partial charge on any atom is -0.496 e. The number of ether oxygens (including phenoxy) is 1. The van der Waals surface area contributed by atoms with Gasteiger partial charge in [0.2, 0.25) is 0 Å². The summed E-state index contributed by atoms with van der Waals surface area (Å²) in [5.74, 6) is -0.760. The molecule has 30 heavy (non-hydrogen) atoms. The Hall–Kier alpha value is -3.70. The lowest BCUT2D eigenvalue weighted by atomic mass is 9.95. The smallest absolute Gasteiger partial charge is 0.335 e. The van der Waals surface area contributed by atoms with Gasteiger partial charge in [-0.3, -0.25) is 4.79 Å². The third kappa shape index (κ3) is 3.63. The monoisotopic (exact) mass is 414 g/mol. The SMILES string of the molecule is C=C(C(=O)c1ccc(C(=O)O)cc1)c1cc(-c2cc3ccccc3s2)ccc1OC. The number of rotatable bonds is 6. The molecule has 0 atom stereocenters. The highest BCUT2D eigenvalue weighted by Gasteiger charge is 2.18. The Balaban J connectivity index is 1.71. The van der Waals surface area contributed by atoms with Crippen molar-refractivity contribution in [2.45, 2.75) is 0 Å². The molecule has 0 bridgehead atoms. The second-order valence-corrected chi connectivity index (χ2v) is 7.84. The quantitative estimate of drug-likeness (QED) is 0.303. The standard InChI is InChI=1S/C25H18O4S/c1-15(24(26)16-7-9-17(10-8-16)25(27)28)20-13-19(11-12-21(20)29-2)23-14-18-5-3-4-6-22(18)30-23/h3-14H,1H2,2H3,(H,27,28). The van der Waals surface area contributed by atoms with Crippen LogP contribution in [0.3, 0.4) is 0 Å². The average Bonchev–Trinajstić information content (AvgIpc) is 3.22. The van der Waals surface area contributed by atoms with E-state index in [4.69, 9.17) is 9.84 Å². The molecule has 0 amide bonds. The van der Waals surface area contributed by atoms with Gasteiger partial charge in [0.1, 0.15) is 5.75 Å². The average molecular weight is 414 g/mol. The first-order valence-corrected chi connectivity index (χ1v) is 10.0. The molecule has 4 rings (SSSR count). The van der Waals surface area contributed by atoms with Crippen LogP contribution in [0, 0.1) is 0 Å². The molecule has 148 valence electrons. The molecule has 1 heterocycles. The van der Waals surface area contributed by atoms with Crippen LogP contribution in [0.1, 0.15) is 26.3 Å². The van der Waals surface area contributed by atoms with Crippen molar-refractivity contribution in [3.05, 3.63) is 96.1 Å². The number of carboxylic acids is 1. The zero-order chi connectivity index (χ0) is 21.3. The Morgan fingerprint density at radius 2 is 1.63 bits per heavy atom. The van der Waals surface area contributed by atoms with E-state index in [9.17, 15) is 9.59 Å². The number of carbonyl (C=O) groups is 2. The molecule has 5 heteroatoms. The molecule has 0 saturated heterocycles. The fourth-order valence-electron chi connectivity index (χ4n) is 3.28. The van der Waals surface area contributed by atoms with Crippen LogP contribution in [0.25, 0.3) is 26.1 Å². The van der Waals surface area contributed by atoms with Crippen LogP contribution in [0.4, 0.5) is 0 Å². The summed E-state index contributed by atoms with van der Waals surface area (Å²) in [4.78, 5) is 25.1. The van der Waals surface area contributed by atoms with Crippen LogP contribution < -0.4 is 4.74 Å². The van der Waals surface area contributed by atoms with E-state index in [0.29, 0.717) is 16.9 Å². The van der Waals surface area contributed by atoms with Crippen molar-refractivity contribution in [3.8, 4) is 16.2 Å². The molecule has 0 unspecified atom stereocenters. The molecular weight excluding hydrogens is 396 g/mol. The molecule has 0 aliphatic rings. The van der Waals surface area contributed by atoms with Gasteiger partial charge in [0.15, 0.2) is 5.78 Å². The molecule has 0 aliphatic carbocycles. The summed E-state index contributed by atoms with van der Waals surface area (Å²) >= 11 is 1.68. The number of allylic oxidation sites excluding steroid dienone is 1. The Morgan fingerprint density at radius 3 is 2.30 bits per heavy atom. The number of benzene rings is 3. The van der Waals surface area contributed by atoms with Gasteiger partial charge in [-0.1, -0.05) is 36.9 Å². The fraction of sp³-hybridized carbons (Fsp3) is 0.0400. The Morgan fingerprint density at radius 1 is 0.933 bits per heavy atom. The fourth-order valence-corrected chi connectivity index (χ4v) is 4.34. The molecule has 1 aromatic heterocycles. The predicted molar refractivity (Wildman–Crippen MR) is 121 cm³/mol. The molecule has 0 aliphatic heterocycles. The minimum absolute atomic E-state index is 0.126. The topological polar surface area (TPSA) is 63.6 Å². The normalized spacial score (nSPS) is 10.7. The van der Waals surface area contributed by atoms with E-state index in [1.165, 1.54) is 34.4 Å². The van der Waals surface area contributed by atoms with Gasteiger partial charge < -0.3 is 9.84 Å². The summed E-state index contributed by atoms with van der Waals surface area (Å²) in [6, 6.07) is 21.8. The van der Waals surface area contributed by atoms with Crippen molar-refractivity contribution in [1.82, 2.24) is 0 Å². The van der Waals surface area contributed by atoms with Gasteiger partial charge in [0.25, 0.3) is 0 Å². The van der Waals surface area contributed by atoms with Crippen LogP contribution in [0.5, 0.6) is 5.75 Å². The van der Waals surface area contributed by atoms with E-state index >= 15 is 0 Å². The van der Waals surface area contributed by atoms with Gasteiger partial charge in [-0.15, -0.1) is 11.3 Å². The van der Waals surface area contributed by atoms with E-state index in [0.717, 1.165) is 10.4 Å². The van der Waals surface area contributed by atoms with Crippen LogP contribution in [0.2, 0.25) is 0 Å². The van der Waals surface area contributed by atoms with Gasteiger partial charge in [0.05, 0.1) is 12.7 Å². The number of carboxylic acid groups (broad SMARTS) is 1. The number of ketones is 1. The molecule has 3 aromatic carbocycles. The van der Waals surface area contributed by atoms with Gasteiger partial charge in [-0.25, -0.2) is 4.79 Å². The lowest BCUT2D eigenvalue weighted by Gasteiger charge is -2.12. The van der Waals surface area contributed by atoms with E-state index in [1.54, 1.807) is 18.4 Å². The highest BCUT2D eigenvalue weighted by atomic mass is 32.1. The largest absolute Gasteiger partial charge is 0.496 e. The number of thiophene rings is 1. The zero-order valence-electron chi connectivity index (χ0n) is 16.2. The molecule has 0 radical (unpaired) electrons. The minimum atomic E-state index is -1.04. The second-order valence-electron chi connectivity index (χ2n) is 6.75. The molecule has 4 nitrogen and oxygen atoms in total. The lowest BCUT2D eigenvalue weighted by molar-refractivity contribution is 0.0696. The zero-order valence-corrected chi connectivity index (χ0v) is 17.0. The van der Waals surface area contributed by atoms with E-state index in [2.05, 4.69) is 24.8 Å². The number of hydrogen-bond acceptors (Lipinski definition) is 4. The molecular formula is C25H18O4S. The third-order valence-electron chi connectivity index (χ3n) is 4.90. The summed E-state index contributed by atoms with van der Waals surface area (Å²) < 4.78 is 6.66. The summed E-state index contributed by atoms with van der Waals surface area (Å²) in [7, 11) is 1.55. The highest BCUT2D eigenvalue weighted by molar-refractivity contribution is 7.22. The Kier molecular flexibility index (Phi) is 5.21. The van der Waals surface area contributed by atoms with Crippen molar-refractivity contribution < 1.29 is 19.4 Å². The number of methoxy groups -OCH3 is 1. The summed E-state index contributed by atoms with van der Waals surface area (Å²) in [5, 5.41) is 10.2. The van der Waals surface area contributed by atoms with E-state index in [1.807, 2.05) is 30.3 Å². The Labute approximate surface area is 177 Å². The van der Waals surface area contributed by atoms with Crippen LogP contribution in [-0.2, 0) is 0 Å². The number of carbonyl (C=O) groups excluding carboxylic acids is 1. The number of aromatic carboxylic acids is 1. The van der Waals surface area contributed by atoms with Crippen LogP contribution >= 0.6 is 11.3 Å². The number of fused-ring (bicyclic) bond motifs is 1. The third-order valence-corrected chi connectivity index (χ3v) is 6.07. The van der Waals surface area contributed by atoms with Gasteiger partial charge in [-0.2, -0.15) is 0 Å². The van der Waals surface area contributed by atoms with Crippen molar-refractivity contribution in [2.24, 2.45) is 0 Å². The van der Waals surface area contributed by atoms with Gasteiger partial charge >= 0.3 is 5.97 Å². The molecule has 1 N–H and O–H groups in total. The maximum Gasteiger partial charge on any atom is 0.335 e. The molecule has 0 saturated carbocycles. The lowest BCUT2D eigenvalue weighted by Crippen LogP contribution is -2.04. The second kappa shape index (κ2) is 7.97. The number of hydrogen-bond donors (Lipinski definition) is 1. The first-order chi connectivity index (χ1) is 14.5. The summed E-state index contributed by atoms with van der Waals surface area (Å²) in [5.41, 5.74) is 2.38. The first kappa shape index (κ1) is 19.6. The van der Waals surface area contributed by atoms with Crippen molar-refractivity contribution in [2.75, 3.05) is 7.11 Å². The maximum atomic E-state index is 13.0. The summed E-state index contributed by atoms with van der Waals surface area (Å²) in [6.07, 6.45) is 0. The first-order valence-electron chi connectivity index (χ1n) is 9.22. The van der Waals surface area contributed by atoms with E-state index < -0.39 is 5.97 Å². The molecule has 0 spiro atoms. The van der Waals surface area contributed by atoms with Crippen LogP contribution in [-0.4, -0.2) is 24.0 Å².